The number of carboxylic acids is 2. The lowest BCUT2D eigenvalue weighted by atomic mass is 10.1. The fourth-order valence-corrected chi connectivity index (χ4v) is 7.46. The number of amides is 2. The number of hydrogen-bond acceptors (Lipinski definition) is 8. The van der Waals surface area contributed by atoms with Gasteiger partial charge in [-0.3, -0.25) is 9.59 Å². The maximum Gasteiger partial charge on any atom is 0.326 e. The second-order valence-electron chi connectivity index (χ2n) is 12.9. The van der Waals surface area contributed by atoms with E-state index in [1.165, 1.54) is 98.6 Å². The molecule has 0 aliphatic rings. The number of hydrogen-bond donors (Lipinski definition) is 5. The number of unbranched alkanes of at least 4 members (excludes halogenated alkanes) is 16. The summed E-state index contributed by atoms with van der Waals surface area (Å²) in [5.41, 5.74) is 0. The average Bonchev–Trinajstić information content (AvgIpc) is 3.02. The van der Waals surface area contributed by atoms with Crippen LogP contribution in [0.4, 0.5) is 0 Å². The van der Waals surface area contributed by atoms with Gasteiger partial charge in [-0.2, -0.15) is 0 Å². The van der Waals surface area contributed by atoms with Crippen LogP contribution < -0.4 is 16.0 Å². The standard InChI is InChI=1S/C35H68N4O6S2/c1-36-26-20-16-12-8-4-6-10-14-18-22-32(40)37-30(34(42)43)24-28-46-47-29-25-31(35(44)45)38-33(41)23-19-15-11-7-5-9-13-17-21-27-39(2)3/h30-31,36H,4-29H2,1-3H3,(H,37,40)(H,38,41)(H,42,43)(H,44,45). The van der Waals surface area contributed by atoms with Crippen molar-refractivity contribution in [1.29, 1.82) is 0 Å². The van der Waals surface area contributed by atoms with Gasteiger partial charge in [0, 0.05) is 24.3 Å². The van der Waals surface area contributed by atoms with Crippen LogP contribution in [0.25, 0.3) is 0 Å². The number of carboxylic acid groups (broad SMARTS) is 2. The molecule has 0 aromatic rings. The highest BCUT2D eigenvalue weighted by atomic mass is 33.1. The zero-order valence-corrected chi connectivity index (χ0v) is 31.5. The highest BCUT2D eigenvalue weighted by molar-refractivity contribution is 8.76. The van der Waals surface area contributed by atoms with Crippen molar-refractivity contribution >= 4 is 45.3 Å². The Morgan fingerprint density at radius 1 is 0.553 bits per heavy atom. The van der Waals surface area contributed by atoms with Crippen LogP contribution in [0.2, 0.25) is 0 Å². The lowest BCUT2D eigenvalue weighted by molar-refractivity contribution is -0.142. The summed E-state index contributed by atoms with van der Waals surface area (Å²) in [5.74, 6) is -1.50. The van der Waals surface area contributed by atoms with E-state index in [-0.39, 0.29) is 11.8 Å². The summed E-state index contributed by atoms with van der Waals surface area (Å²) in [5, 5.41) is 27.5. The molecule has 2 amide bonds. The molecular weight excluding hydrogens is 637 g/mol. The summed E-state index contributed by atoms with van der Waals surface area (Å²) in [6.07, 6.45) is 21.9. The maximum absolute atomic E-state index is 12.3. The van der Waals surface area contributed by atoms with Crippen molar-refractivity contribution in [1.82, 2.24) is 20.9 Å². The first kappa shape index (κ1) is 45.5. The Bertz CT molecular complexity index is 806. The topological polar surface area (TPSA) is 148 Å². The molecule has 0 aliphatic heterocycles. The van der Waals surface area contributed by atoms with E-state index < -0.39 is 24.0 Å². The molecule has 0 aliphatic carbocycles. The van der Waals surface area contributed by atoms with Crippen LogP contribution in [-0.2, 0) is 19.2 Å². The van der Waals surface area contributed by atoms with E-state index in [9.17, 15) is 29.4 Å². The SMILES string of the molecule is CNCCCCCCCCCCCC(=O)NC(CCSSCCC(NC(=O)CCCCCCCCCCCN(C)C)C(=O)O)C(=O)O. The van der Waals surface area contributed by atoms with E-state index in [4.69, 9.17) is 0 Å². The second kappa shape index (κ2) is 33.0. The third kappa shape index (κ3) is 31.5. The molecule has 2 unspecified atom stereocenters. The average molecular weight is 705 g/mol. The molecule has 0 saturated carbocycles. The molecule has 12 heteroatoms. The smallest absolute Gasteiger partial charge is 0.326 e. The third-order valence-corrected chi connectivity index (χ3v) is 10.6. The molecule has 0 spiro atoms. The van der Waals surface area contributed by atoms with Crippen LogP contribution in [-0.4, -0.2) is 96.7 Å². The second-order valence-corrected chi connectivity index (χ2v) is 15.6. The van der Waals surface area contributed by atoms with Crippen LogP contribution in [0.15, 0.2) is 0 Å². The maximum atomic E-state index is 12.3. The number of carbonyl (C=O) groups excluding carboxylic acids is 2. The highest BCUT2D eigenvalue weighted by Crippen LogP contribution is 2.24. The van der Waals surface area contributed by atoms with Crippen LogP contribution in [0.3, 0.4) is 0 Å². The van der Waals surface area contributed by atoms with Gasteiger partial charge in [0.05, 0.1) is 0 Å². The molecule has 0 radical (unpaired) electrons. The van der Waals surface area contributed by atoms with Crippen LogP contribution in [0, 0.1) is 0 Å². The molecule has 5 N–H and O–H groups in total. The van der Waals surface area contributed by atoms with Gasteiger partial charge in [-0.15, -0.1) is 0 Å². The summed E-state index contributed by atoms with van der Waals surface area (Å²) in [7, 11) is 9.10. The predicted molar refractivity (Wildman–Crippen MR) is 198 cm³/mol. The number of nitrogens with one attached hydrogen (secondary N) is 3. The minimum absolute atomic E-state index is 0.220. The van der Waals surface area contributed by atoms with Crippen molar-refractivity contribution < 1.29 is 29.4 Å². The summed E-state index contributed by atoms with van der Waals surface area (Å²) in [6.45, 7) is 2.23. The third-order valence-electron chi connectivity index (χ3n) is 8.17. The summed E-state index contributed by atoms with van der Waals surface area (Å²) < 4.78 is 0. The molecule has 0 fully saturated rings. The van der Waals surface area contributed by atoms with E-state index in [0.29, 0.717) is 37.2 Å². The van der Waals surface area contributed by atoms with Gasteiger partial charge < -0.3 is 31.1 Å². The number of rotatable bonds is 35. The van der Waals surface area contributed by atoms with Crippen molar-refractivity contribution in [3.63, 3.8) is 0 Å². The van der Waals surface area contributed by atoms with Crippen molar-refractivity contribution in [3.8, 4) is 0 Å². The van der Waals surface area contributed by atoms with Crippen LogP contribution in [0.1, 0.15) is 141 Å². The zero-order chi connectivity index (χ0) is 35.0. The Morgan fingerprint density at radius 3 is 1.23 bits per heavy atom. The Balaban J connectivity index is 3.92. The molecule has 2 atom stereocenters. The first-order valence-corrected chi connectivity index (χ1v) is 20.7. The zero-order valence-electron chi connectivity index (χ0n) is 29.8. The summed E-state index contributed by atoms with van der Waals surface area (Å²) in [6, 6.07) is -1.86. The molecule has 0 aromatic heterocycles. The number of nitrogens with zero attached hydrogens (tertiary/aromatic N) is 1. The normalized spacial score (nSPS) is 12.6. The lowest BCUT2D eigenvalue weighted by Crippen LogP contribution is -2.41. The van der Waals surface area contributed by atoms with E-state index in [1.54, 1.807) is 0 Å². The Morgan fingerprint density at radius 2 is 0.894 bits per heavy atom. The van der Waals surface area contributed by atoms with Gasteiger partial charge in [-0.1, -0.05) is 111 Å². The van der Waals surface area contributed by atoms with Crippen molar-refractivity contribution in [2.75, 3.05) is 45.7 Å². The van der Waals surface area contributed by atoms with E-state index in [0.717, 1.165) is 51.6 Å². The molecule has 0 bridgehead atoms. The molecule has 0 aromatic carbocycles. The van der Waals surface area contributed by atoms with Gasteiger partial charge in [0.15, 0.2) is 0 Å². The molecule has 276 valence electrons. The van der Waals surface area contributed by atoms with E-state index >= 15 is 0 Å². The Kier molecular flexibility index (Phi) is 32.0. The fraction of sp³-hybridized carbons (Fsp3) is 0.886. The van der Waals surface area contributed by atoms with Gasteiger partial charge in [-0.25, -0.2) is 9.59 Å². The minimum atomic E-state index is -1.04. The molecule has 0 rings (SSSR count). The van der Waals surface area contributed by atoms with Gasteiger partial charge in [0.2, 0.25) is 11.8 Å². The van der Waals surface area contributed by atoms with Gasteiger partial charge in [0.25, 0.3) is 0 Å². The molecule has 47 heavy (non-hydrogen) atoms. The molecule has 0 heterocycles. The van der Waals surface area contributed by atoms with E-state index in [2.05, 4.69) is 34.9 Å². The van der Waals surface area contributed by atoms with Crippen molar-refractivity contribution in [2.45, 2.75) is 153 Å². The van der Waals surface area contributed by atoms with Gasteiger partial charge in [-0.05, 0) is 72.8 Å². The first-order valence-electron chi connectivity index (χ1n) is 18.3. The van der Waals surface area contributed by atoms with Gasteiger partial charge in [0.1, 0.15) is 12.1 Å². The van der Waals surface area contributed by atoms with Crippen molar-refractivity contribution in [3.05, 3.63) is 0 Å². The molecule has 10 nitrogen and oxygen atoms in total. The van der Waals surface area contributed by atoms with Crippen molar-refractivity contribution in [2.24, 2.45) is 0 Å². The Labute approximate surface area is 293 Å². The summed E-state index contributed by atoms with van der Waals surface area (Å²) in [4.78, 5) is 50.1. The number of aliphatic carboxylic acids is 2. The quantitative estimate of drug-likeness (QED) is 0.0350. The summed E-state index contributed by atoms with van der Waals surface area (Å²) >= 11 is 0. The number of carbonyl (C=O) groups is 4. The first-order chi connectivity index (χ1) is 22.7. The largest absolute Gasteiger partial charge is 0.480 e. The Hall–Kier alpha value is -1.50. The molecular formula is C35H68N4O6S2. The predicted octanol–water partition coefficient (Wildman–Crippen LogP) is 6.87. The highest BCUT2D eigenvalue weighted by Gasteiger charge is 2.21. The van der Waals surface area contributed by atoms with E-state index in [1.807, 2.05) is 7.05 Å². The van der Waals surface area contributed by atoms with Crippen LogP contribution >= 0.6 is 21.6 Å². The van der Waals surface area contributed by atoms with Crippen LogP contribution in [0.5, 0.6) is 0 Å². The van der Waals surface area contributed by atoms with Gasteiger partial charge >= 0.3 is 11.9 Å². The fourth-order valence-electron chi connectivity index (χ4n) is 5.27. The minimum Gasteiger partial charge on any atom is -0.480 e. The molecule has 0 saturated heterocycles. The monoisotopic (exact) mass is 704 g/mol. The lowest BCUT2D eigenvalue weighted by Gasteiger charge is -2.15.